The number of thiophene rings is 1. The van der Waals surface area contributed by atoms with E-state index in [2.05, 4.69) is 322 Å². The molecule has 6 heteroatoms. The fourth-order valence-corrected chi connectivity index (χ4v) is 12.8. The number of fused-ring (bicyclic) bond motifs is 4. The molecule has 0 unspecified atom stereocenters. The molecule has 0 fully saturated rings. The van der Waals surface area contributed by atoms with Crippen molar-refractivity contribution in [2.75, 3.05) is 14.7 Å². The van der Waals surface area contributed by atoms with Gasteiger partial charge in [-0.1, -0.05) is 228 Å². The van der Waals surface area contributed by atoms with Gasteiger partial charge in [-0.3, -0.25) is 0 Å². The Morgan fingerprint density at radius 3 is 1.37 bits per heavy atom. The second-order valence-corrected chi connectivity index (χ2v) is 27.8. The predicted molar refractivity (Wildman–Crippen MR) is 364 cm³/mol. The molecule has 10 aromatic carbocycles. The molecule has 0 aliphatic heterocycles. The van der Waals surface area contributed by atoms with Gasteiger partial charge in [-0.2, -0.15) is 0 Å². The first-order valence-electron chi connectivity index (χ1n) is 29.3. The Morgan fingerprint density at radius 1 is 0.333 bits per heavy atom. The molecule has 12 rings (SSSR count). The van der Waals surface area contributed by atoms with Crippen molar-refractivity contribution in [3.8, 4) is 22.3 Å². The van der Waals surface area contributed by atoms with Crippen LogP contribution in [0.1, 0.15) is 105 Å². The number of hydrogen-bond acceptors (Lipinski definition) is 5. The van der Waals surface area contributed by atoms with Gasteiger partial charge in [-0.15, -0.1) is 11.3 Å². The molecular weight excluding hydrogens is 1060 g/mol. The summed E-state index contributed by atoms with van der Waals surface area (Å²) in [7, 11) is 0. The van der Waals surface area contributed by atoms with E-state index in [1.165, 1.54) is 27.0 Å². The smallest absolute Gasteiger partial charge is 0.143 e. The monoisotopic (exact) mass is 1140 g/mol. The largest absolute Gasteiger partial charge is 0.455 e. The van der Waals surface area contributed by atoms with Crippen LogP contribution in [0.3, 0.4) is 0 Å². The molecule has 2 aromatic heterocycles. The van der Waals surface area contributed by atoms with Gasteiger partial charge in [0.05, 0.1) is 27.8 Å². The lowest BCUT2D eigenvalue weighted by atomic mass is 9.84. The highest BCUT2D eigenvalue weighted by Gasteiger charge is 2.30. The van der Waals surface area contributed by atoms with E-state index < -0.39 is 0 Å². The molecule has 0 aliphatic carbocycles. The van der Waals surface area contributed by atoms with Crippen LogP contribution in [-0.4, -0.2) is 0 Å². The molecule has 0 N–H and O–H groups in total. The lowest BCUT2D eigenvalue weighted by molar-refractivity contribution is 0.590. The van der Waals surface area contributed by atoms with Gasteiger partial charge < -0.3 is 19.1 Å². The van der Waals surface area contributed by atoms with E-state index in [9.17, 15) is 0 Å². The summed E-state index contributed by atoms with van der Waals surface area (Å²) in [6.07, 6.45) is 0. The molecule has 0 saturated heterocycles. The molecular formula is C78H74ClN3OS. The molecule has 0 saturated carbocycles. The van der Waals surface area contributed by atoms with Crippen LogP contribution in [0.25, 0.3) is 54.3 Å². The predicted octanol–water partition coefficient (Wildman–Crippen LogP) is 24.4. The Morgan fingerprint density at radius 2 is 0.798 bits per heavy atom. The first-order chi connectivity index (χ1) is 40.1. The van der Waals surface area contributed by atoms with Gasteiger partial charge in [0.1, 0.15) is 11.2 Å². The van der Waals surface area contributed by atoms with Crippen molar-refractivity contribution in [1.82, 2.24) is 0 Å². The summed E-state index contributed by atoms with van der Waals surface area (Å²) >= 11 is 10.3. The zero-order chi connectivity index (χ0) is 58.9. The van der Waals surface area contributed by atoms with Crippen LogP contribution in [0, 0.1) is 0 Å². The number of benzene rings is 10. The summed E-state index contributed by atoms with van der Waals surface area (Å²) in [6.45, 7) is 27.3. The molecule has 2 heterocycles. The Balaban J connectivity index is 1.18. The molecule has 0 bridgehead atoms. The second kappa shape index (κ2) is 21.7. The van der Waals surface area contributed by atoms with Crippen LogP contribution in [0.2, 0.25) is 5.02 Å². The van der Waals surface area contributed by atoms with Crippen LogP contribution < -0.4 is 14.7 Å². The van der Waals surface area contributed by atoms with E-state index in [1.54, 1.807) is 11.3 Å². The van der Waals surface area contributed by atoms with E-state index in [0.717, 1.165) is 101 Å². The molecule has 0 atom stereocenters. The lowest BCUT2D eigenvalue weighted by Gasteiger charge is -2.34. The molecule has 420 valence electrons. The first-order valence-corrected chi connectivity index (χ1v) is 30.6. The van der Waals surface area contributed by atoms with Gasteiger partial charge >= 0.3 is 0 Å². The third kappa shape index (κ3) is 10.8. The third-order valence-corrected chi connectivity index (χ3v) is 17.8. The van der Waals surface area contributed by atoms with E-state index in [4.69, 9.17) is 16.0 Å². The Labute approximate surface area is 506 Å². The fourth-order valence-electron chi connectivity index (χ4n) is 11.6. The van der Waals surface area contributed by atoms with Crippen molar-refractivity contribution < 1.29 is 4.42 Å². The first kappa shape index (κ1) is 56.1. The molecule has 0 radical (unpaired) electrons. The van der Waals surface area contributed by atoms with Gasteiger partial charge in [0.2, 0.25) is 0 Å². The summed E-state index contributed by atoms with van der Waals surface area (Å²) in [5.41, 5.74) is 19.3. The van der Waals surface area contributed by atoms with Gasteiger partial charge in [0, 0.05) is 65.8 Å². The maximum absolute atomic E-state index is 8.52. The summed E-state index contributed by atoms with van der Waals surface area (Å²) in [5.74, 6) is 0. The van der Waals surface area contributed by atoms with E-state index in [0.29, 0.717) is 5.02 Å². The van der Waals surface area contributed by atoms with Crippen LogP contribution in [0.4, 0.5) is 51.2 Å². The fraction of sp³-hybridized carbons (Fsp3) is 0.205. The third-order valence-electron chi connectivity index (χ3n) is 16.4. The average molecular weight is 1140 g/mol. The topological polar surface area (TPSA) is 22.9 Å². The summed E-state index contributed by atoms with van der Waals surface area (Å²) < 4.78 is 8.17. The molecule has 4 nitrogen and oxygen atoms in total. The van der Waals surface area contributed by atoms with Crippen molar-refractivity contribution in [1.29, 1.82) is 0 Å². The van der Waals surface area contributed by atoms with Gasteiger partial charge in [0.25, 0.3) is 0 Å². The molecule has 0 aliphatic rings. The Bertz CT molecular complexity index is 4300. The second-order valence-electron chi connectivity index (χ2n) is 26.5. The number of halogens is 1. The molecule has 84 heavy (non-hydrogen) atoms. The minimum atomic E-state index is -0.185. The van der Waals surface area contributed by atoms with Crippen LogP contribution in [0.5, 0.6) is 0 Å². The SMILES string of the molecule is CC(C)(C)c1ccc(N(c2ccc(C(C)(C)C)cc2)c2cccc(N(c3ccc(C(C)(C)C)cc3-c3cccc4c3oc3ccccc34)c3cc(-c4ccccc4)cc(N(c4ccc(C(C)(C)C)cc4)c4csc5ccccc45)c3Cl)c2)cc1. The number of furan rings is 1. The quantitative estimate of drug-likeness (QED) is 0.129. The van der Waals surface area contributed by atoms with Crippen molar-refractivity contribution in [3.63, 3.8) is 0 Å². The summed E-state index contributed by atoms with van der Waals surface area (Å²) in [5, 5.41) is 6.17. The maximum Gasteiger partial charge on any atom is 0.143 e. The Hall–Kier alpha value is -8.35. The van der Waals surface area contributed by atoms with Gasteiger partial charge in [0.15, 0.2) is 0 Å². The van der Waals surface area contributed by atoms with Crippen LogP contribution in [0.15, 0.2) is 234 Å². The molecule has 0 spiro atoms. The van der Waals surface area contributed by atoms with Crippen molar-refractivity contribution in [2.24, 2.45) is 0 Å². The number of anilines is 9. The van der Waals surface area contributed by atoms with Gasteiger partial charge in [-0.05, 0) is 146 Å². The van der Waals surface area contributed by atoms with E-state index in [-0.39, 0.29) is 21.7 Å². The van der Waals surface area contributed by atoms with E-state index >= 15 is 0 Å². The number of rotatable bonds is 11. The number of para-hydroxylation sites is 2. The van der Waals surface area contributed by atoms with E-state index in [1.807, 2.05) is 6.07 Å². The summed E-state index contributed by atoms with van der Waals surface area (Å²) in [6, 6.07) is 82.1. The highest BCUT2D eigenvalue weighted by Crippen LogP contribution is 2.54. The molecule has 0 amide bonds. The zero-order valence-electron chi connectivity index (χ0n) is 50.5. The zero-order valence-corrected chi connectivity index (χ0v) is 52.0. The minimum absolute atomic E-state index is 0.0144. The van der Waals surface area contributed by atoms with Crippen molar-refractivity contribution in [3.05, 3.63) is 257 Å². The minimum Gasteiger partial charge on any atom is -0.455 e. The highest BCUT2D eigenvalue weighted by molar-refractivity contribution is 7.17. The molecule has 12 aromatic rings. The highest BCUT2D eigenvalue weighted by atomic mass is 35.5. The summed E-state index contributed by atoms with van der Waals surface area (Å²) in [4.78, 5) is 7.17. The van der Waals surface area contributed by atoms with Crippen molar-refractivity contribution >= 4 is 106 Å². The maximum atomic E-state index is 8.52. The van der Waals surface area contributed by atoms with Crippen molar-refractivity contribution in [2.45, 2.75) is 105 Å². The average Bonchev–Trinajstić information content (AvgIpc) is 3.62. The van der Waals surface area contributed by atoms with Crippen LogP contribution >= 0.6 is 22.9 Å². The number of nitrogens with zero attached hydrogens (tertiary/aromatic N) is 3. The standard InChI is InChI=1S/C78H74ClN3OS/c1-75(2,3)53-32-39-57(40-33-53)80(58-41-34-54(35-42-58)76(4,5)6)60-24-20-25-61(49-60)82(67-45-38-56(78(10,11)12)48-66(67)64-29-21-28-63-62-26-16-18-30-71(62)83-74(63)64)69-47-52(51-22-14-13-15-23-51)46-68(73(69)79)81(59-43-36-55(37-44-59)77(7,8)9)70-50-84-72-31-19-17-27-65(70)72/h13-50H,1-12H3. The van der Waals surface area contributed by atoms with Crippen LogP contribution in [-0.2, 0) is 21.7 Å². The Kier molecular flexibility index (Phi) is 14.5. The normalized spacial score (nSPS) is 12.3. The lowest BCUT2D eigenvalue weighted by Crippen LogP contribution is -2.18. The number of hydrogen-bond donors (Lipinski definition) is 0. The van der Waals surface area contributed by atoms with Gasteiger partial charge in [-0.25, -0.2) is 0 Å².